The second-order valence-corrected chi connectivity index (χ2v) is 7.43. The number of nitrogens with zero attached hydrogens (tertiary/aromatic N) is 3. The van der Waals surface area contributed by atoms with Crippen molar-refractivity contribution in [3.63, 3.8) is 0 Å². The molecule has 1 N–H and O–H groups in total. The first-order valence-electron chi connectivity index (χ1n) is 8.58. The van der Waals surface area contributed by atoms with Gasteiger partial charge in [-0.2, -0.15) is 5.10 Å². The highest BCUT2D eigenvalue weighted by atomic mass is 31.0. The topological polar surface area (TPSA) is 76.9 Å². The number of anilines is 1. The van der Waals surface area contributed by atoms with Gasteiger partial charge in [-0.1, -0.05) is 31.4 Å². The van der Waals surface area contributed by atoms with Crippen LogP contribution in [-0.4, -0.2) is 28.5 Å². The summed E-state index contributed by atoms with van der Waals surface area (Å²) in [7, 11) is 8.40. The van der Waals surface area contributed by atoms with Gasteiger partial charge in [0.15, 0.2) is 0 Å². The van der Waals surface area contributed by atoms with Gasteiger partial charge in [-0.25, -0.2) is 9.67 Å². The molecular weight excluding hydrogens is 358 g/mol. The van der Waals surface area contributed by atoms with E-state index >= 15 is 0 Å². The van der Waals surface area contributed by atoms with E-state index in [9.17, 15) is 9.59 Å². The van der Waals surface area contributed by atoms with E-state index in [0.717, 1.165) is 21.9 Å². The molecule has 1 unspecified atom stereocenters. The molecule has 2 heterocycles. The minimum absolute atomic E-state index is 0.0709. The van der Waals surface area contributed by atoms with Gasteiger partial charge in [-0.3, -0.25) is 9.59 Å². The molecule has 27 heavy (non-hydrogen) atoms. The number of hydrogen-bond acceptors (Lipinski definition) is 4. The Bertz CT molecular complexity index is 1090. The number of nitrogens with one attached hydrogen (secondary N) is 1. The summed E-state index contributed by atoms with van der Waals surface area (Å²) in [6.45, 7) is 5.69. The smallest absolute Gasteiger partial charge is 0.275 e. The van der Waals surface area contributed by atoms with Crippen molar-refractivity contribution in [2.75, 3.05) is 5.32 Å². The van der Waals surface area contributed by atoms with Crippen molar-refractivity contribution in [3.05, 3.63) is 52.1 Å². The van der Waals surface area contributed by atoms with Gasteiger partial charge in [0, 0.05) is 16.9 Å². The van der Waals surface area contributed by atoms with E-state index < -0.39 is 0 Å². The van der Waals surface area contributed by atoms with Crippen molar-refractivity contribution in [1.82, 2.24) is 14.8 Å². The lowest BCUT2D eigenvalue weighted by Gasteiger charge is -2.14. The summed E-state index contributed by atoms with van der Waals surface area (Å²) in [4.78, 5) is 29.4. The standard InChI is InChI=1S/C19H20BN4O2P/c1-10(2)17-14-7-12(20)4-5-13(14)19(26)24(23-17)9-16(25)22-18-15(27)6-11(3)8-21-18/h4-8,10H,9,27H2,1-3H3,(H,21,22,25). The molecule has 0 saturated carbocycles. The molecule has 1 atom stereocenters. The SMILES string of the molecule is [B]c1ccc2c(=O)n(CC(=O)Nc3ncc(C)cc3P)nc(C(C)C)c2c1. The predicted molar refractivity (Wildman–Crippen MR) is 112 cm³/mol. The predicted octanol–water partition coefficient (Wildman–Crippen LogP) is 1.16. The molecule has 0 spiro atoms. The lowest BCUT2D eigenvalue weighted by Crippen LogP contribution is -2.32. The van der Waals surface area contributed by atoms with Crippen LogP contribution in [0.4, 0.5) is 5.82 Å². The van der Waals surface area contributed by atoms with Crippen molar-refractivity contribution >= 4 is 50.4 Å². The van der Waals surface area contributed by atoms with E-state index in [-0.39, 0.29) is 23.9 Å². The van der Waals surface area contributed by atoms with E-state index in [0.29, 0.717) is 16.7 Å². The number of aromatic nitrogens is 3. The van der Waals surface area contributed by atoms with Gasteiger partial charge in [0.25, 0.3) is 5.56 Å². The Morgan fingerprint density at radius 3 is 2.70 bits per heavy atom. The number of benzene rings is 1. The Morgan fingerprint density at radius 2 is 2.04 bits per heavy atom. The van der Waals surface area contributed by atoms with Crippen LogP contribution < -0.4 is 21.6 Å². The summed E-state index contributed by atoms with van der Waals surface area (Å²) in [5.74, 6) is 0.150. The molecule has 1 amide bonds. The minimum atomic E-state index is -0.367. The minimum Gasteiger partial charge on any atom is -0.309 e. The van der Waals surface area contributed by atoms with Crippen molar-refractivity contribution in [2.45, 2.75) is 33.2 Å². The zero-order chi connectivity index (χ0) is 19.7. The van der Waals surface area contributed by atoms with E-state index in [4.69, 9.17) is 7.85 Å². The van der Waals surface area contributed by atoms with Crippen LogP contribution >= 0.6 is 9.24 Å². The highest BCUT2D eigenvalue weighted by Gasteiger charge is 2.16. The molecule has 0 aliphatic heterocycles. The largest absolute Gasteiger partial charge is 0.309 e. The zero-order valence-corrected chi connectivity index (χ0v) is 16.6. The van der Waals surface area contributed by atoms with Gasteiger partial charge >= 0.3 is 0 Å². The summed E-state index contributed by atoms with van der Waals surface area (Å²) in [5, 5.41) is 9.15. The van der Waals surface area contributed by atoms with Gasteiger partial charge in [-0.05, 0) is 30.5 Å². The number of amides is 1. The summed E-state index contributed by atoms with van der Waals surface area (Å²) < 4.78 is 1.19. The van der Waals surface area contributed by atoms with E-state index in [1.54, 1.807) is 24.4 Å². The monoisotopic (exact) mass is 378 g/mol. The maximum atomic E-state index is 12.8. The van der Waals surface area contributed by atoms with Crippen LogP contribution in [0.15, 0.2) is 35.3 Å². The van der Waals surface area contributed by atoms with Crippen LogP contribution in [0.1, 0.15) is 31.0 Å². The maximum Gasteiger partial charge on any atom is 0.275 e. The molecule has 136 valence electrons. The number of carbonyl (C=O) groups is 1. The maximum absolute atomic E-state index is 12.8. The molecule has 3 aromatic rings. The first kappa shape index (κ1) is 19.2. The lowest BCUT2D eigenvalue weighted by molar-refractivity contribution is -0.117. The highest BCUT2D eigenvalue weighted by Crippen LogP contribution is 2.20. The summed E-state index contributed by atoms with van der Waals surface area (Å²) >= 11 is 0. The number of pyridine rings is 1. The molecule has 0 aliphatic rings. The third kappa shape index (κ3) is 4.09. The Kier molecular flexibility index (Phi) is 5.42. The Labute approximate surface area is 161 Å². The molecule has 3 rings (SSSR count). The van der Waals surface area contributed by atoms with Crippen LogP contribution in [0.2, 0.25) is 0 Å². The third-order valence-corrected chi connectivity index (χ3v) is 4.60. The van der Waals surface area contributed by atoms with Crippen molar-refractivity contribution in [1.29, 1.82) is 0 Å². The van der Waals surface area contributed by atoms with Crippen molar-refractivity contribution < 1.29 is 4.79 Å². The highest BCUT2D eigenvalue weighted by molar-refractivity contribution is 7.28. The second-order valence-electron chi connectivity index (χ2n) is 6.81. The average molecular weight is 378 g/mol. The average Bonchev–Trinajstić information content (AvgIpc) is 2.59. The number of rotatable bonds is 4. The number of hydrogen-bond donors (Lipinski definition) is 1. The molecule has 0 aliphatic carbocycles. The summed E-state index contributed by atoms with van der Waals surface area (Å²) in [5.41, 5.74) is 1.96. The van der Waals surface area contributed by atoms with Gasteiger partial charge in [-0.15, -0.1) is 9.24 Å². The van der Waals surface area contributed by atoms with Crippen LogP contribution in [-0.2, 0) is 11.3 Å². The fraction of sp³-hybridized carbons (Fsp3) is 0.263. The van der Waals surface area contributed by atoms with E-state index in [1.807, 2.05) is 26.8 Å². The Hall–Kier alpha value is -2.53. The zero-order valence-electron chi connectivity index (χ0n) is 15.5. The first-order chi connectivity index (χ1) is 12.8. The molecule has 2 aromatic heterocycles. The lowest BCUT2D eigenvalue weighted by atomic mass is 9.92. The number of fused-ring (bicyclic) bond motifs is 1. The Balaban J connectivity index is 1.97. The van der Waals surface area contributed by atoms with E-state index in [2.05, 4.69) is 24.6 Å². The Morgan fingerprint density at radius 1 is 1.30 bits per heavy atom. The van der Waals surface area contributed by atoms with Gasteiger partial charge in [0.05, 0.1) is 11.1 Å². The first-order valence-corrected chi connectivity index (χ1v) is 9.16. The third-order valence-electron chi connectivity index (χ3n) is 4.16. The number of carbonyl (C=O) groups excluding carboxylic acids is 1. The molecule has 0 saturated heterocycles. The summed E-state index contributed by atoms with van der Waals surface area (Å²) in [6, 6.07) is 7.00. The van der Waals surface area contributed by atoms with Crippen LogP contribution in [0, 0.1) is 6.92 Å². The van der Waals surface area contributed by atoms with Crippen LogP contribution in [0.25, 0.3) is 10.8 Å². The molecule has 0 bridgehead atoms. The molecule has 8 heteroatoms. The van der Waals surface area contributed by atoms with Crippen molar-refractivity contribution in [3.8, 4) is 0 Å². The molecule has 1 aromatic carbocycles. The quantitative estimate of drug-likeness (QED) is 0.546. The van der Waals surface area contributed by atoms with E-state index in [1.165, 1.54) is 4.68 Å². The fourth-order valence-corrected chi connectivity index (χ4v) is 3.28. The normalized spacial score (nSPS) is 11.1. The second kappa shape index (κ2) is 7.61. The molecule has 6 nitrogen and oxygen atoms in total. The van der Waals surface area contributed by atoms with Gasteiger partial charge in [0.1, 0.15) is 20.2 Å². The van der Waals surface area contributed by atoms with Crippen LogP contribution in [0.3, 0.4) is 0 Å². The van der Waals surface area contributed by atoms with Crippen molar-refractivity contribution in [2.24, 2.45) is 0 Å². The molecular formula is C19H20BN4O2P. The molecule has 0 fully saturated rings. The van der Waals surface area contributed by atoms with Gasteiger partial charge in [0.2, 0.25) is 5.91 Å². The van der Waals surface area contributed by atoms with Crippen LogP contribution in [0.5, 0.6) is 0 Å². The molecule has 2 radical (unpaired) electrons. The fourth-order valence-electron chi connectivity index (χ4n) is 2.87. The number of aryl methyl sites for hydroxylation is 1. The summed E-state index contributed by atoms with van der Waals surface area (Å²) in [6.07, 6.45) is 1.67. The van der Waals surface area contributed by atoms with Gasteiger partial charge < -0.3 is 5.32 Å².